The van der Waals surface area contributed by atoms with E-state index in [0.717, 1.165) is 5.56 Å². The van der Waals surface area contributed by atoms with Crippen molar-refractivity contribution >= 4 is 23.3 Å². The Hall–Kier alpha value is -2.89. The Morgan fingerprint density at radius 1 is 1.17 bits per heavy atom. The third-order valence-electron chi connectivity index (χ3n) is 3.87. The van der Waals surface area contributed by atoms with E-state index in [2.05, 4.69) is 5.32 Å². The van der Waals surface area contributed by atoms with Crippen LogP contribution in [0.1, 0.15) is 5.56 Å². The lowest BCUT2D eigenvalue weighted by Gasteiger charge is -2.19. The third kappa shape index (κ3) is 3.37. The van der Waals surface area contributed by atoms with Gasteiger partial charge in [0.05, 0.1) is 5.69 Å². The van der Waals surface area contributed by atoms with Crippen LogP contribution in [0.3, 0.4) is 0 Å². The number of carbonyl (C=O) groups excluding carboxylic acids is 2. The molecule has 24 heavy (non-hydrogen) atoms. The quantitative estimate of drug-likeness (QED) is 0.938. The summed E-state index contributed by atoms with van der Waals surface area (Å²) < 4.78 is 13.8. The fourth-order valence-corrected chi connectivity index (χ4v) is 2.72. The molecule has 0 aliphatic carbocycles. The monoisotopic (exact) mass is 327 g/mol. The van der Waals surface area contributed by atoms with Gasteiger partial charge in [0.25, 0.3) is 0 Å². The van der Waals surface area contributed by atoms with Crippen LogP contribution in [0.5, 0.6) is 0 Å². The summed E-state index contributed by atoms with van der Waals surface area (Å²) in [5, 5.41) is 2.77. The second kappa shape index (κ2) is 6.70. The lowest BCUT2D eigenvalue weighted by Crippen LogP contribution is -2.37. The van der Waals surface area contributed by atoms with Crippen LogP contribution in [0.2, 0.25) is 0 Å². The van der Waals surface area contributed by atoms with Gasteiger partial charge >= 0.3 is 6.03 Å². The Bertz CT molecular complexity index is 778. The molecule has 2 aromatic carbocycles. The summed E-state index contributed by atoms with van der Waals surface area (Å²) >= 11 is 0. The molecule has 0 spiro atoms. The molecule has 3 amide bonds. The summed E-state index contributed by atoms with van der Waals surface area (Å²) in [7, 11) is 0. The molecule has 0 saturated carbocycles. The topological polar surface area (TPSA) is 52.7 Å². The predicted molar refractivity (Wildman–Crippen MR) is 90.5 cm³/mol. The number of benzene rings is 2. The lowest BCUT2D eigenvalue weighted by molar-refractivity contribution is -0.116. The smallest absolute Gasteiger partial charge is 0.325 e. The van der Waals surface area contributed by atoms with E-state index in [-0.39, 0.29) is 24.2 Å². The van der Waals surface area contributed by atoms with Gasteiger partial charge < -0.3 is 10.2 Å². The first-order valence-corrected chi connectivity index (χ1v) is 7.72. The second-order valence-electron chi connectivity index (χ2n) is 5.72. The zero-order valence-electron chi connectivity index (χ0n) is 13.3. The largest absolute Gasteiger partial charge is 0.325 e. The van der Waals surface area contributed by atoms with Crippen LogP contribution in [0.15, 0.2) is 48.5 Å². The van der Waals surface area contributed by atoms with E-state index in [1.807, 2.05) is 25.1 Å². The standard InChI is InChI=1S/C18H18FN3O2/c1-13-5-4-6-14(11-13)20-17(23)12-21-9-10-22(18(21)24)16-8-3-2-7-15(16)19/h2-8,11H,9-10,12H2,1H3,(H,20,23). The van der Waals surface area contributed by atoms with E-state index in [4.69, 9.17) is 0 Å². The zero-order valence-corrected chi connectivity index (χ0v) is 13.3. The van der Waals surface area contributed by atoms with Gasteiger partial charge in [-0.25, -0.2) is 9.18 Å². The molecule has 124 valence electrons. The summed E-state index contributed by atoms with van der Waals surface area (Å²) in [6.07, 6.45) is 0. The second-order valence-corrected chi connectivity index (χ2v) is 5.72. The Morgan fingerprint density at radius 2 is 1.96 bits per heavy atom. The highest BCUT2D eigenvalue weighted by Gasteiger charge is 2.32. The molecular formula is C18H18FN3O2. The minimum atomic E-state index is -0.447. The van der Waals surface area contributed by atoms with Gasteiger partial charge in [-0.15, -0.1) is 0 Å². The lowest BCUT2D eigenvalue weighted by atomic mass is 10.2. The van der Waals surface area contributed by atoms with E-state index in [1.165, 1.54) is 15.9 Å². The normalized spacial score (nSPS) is 14.2. The van der Waals surface area contributed by atoms with Crippen molar-refractivity contribution in [2.24, 2.45) is 0 Å². The molecule has 3 rings (SSSR count). The molecule has 6 heteroatoms. The Kier molecular flexibility index (Phi) is 4.46. The molecular weight excluding hydrogens is 309 g/mol. The van der Waals surface area contributed by atoms with Crippen molar-refractivity contribution in [1.29, 1.82) is 0 Å². The van der Waals surface area contributed by atoms with Crippen molar-refractivity contribution in [2.75, 3.05) is 29.9 Å². The maximum Gasteiger partial charge on any atom is 0.325 e. The summed E-state index contributed by atoms with van der Waals surface area (Å²) in [5.41, 5.74) is 1.97. The first-order valence-electron chi connectivity index (χ1n) is 7.72. The van der Waals surface area contributed by atoms with Crippen molar-refractivity contribution in [3.05, 3.63) is 59.9 Å². The van der Waals surface area contributed by atoms with Crippen molar-refractivity contribution in [2.45, 2.75) is 6.92 Å². The van der Waals surface area contributed by atoms with Crippen molar-refractivity contribution in [1.82, 2.24) is 4.90 Å². The molecule has 1 aliphatic rings. The summed E-state index contributed by atoms with van der Waals surface area (Å²) in [6.45, 7) is 2.62. The number of aryl methyl sites for hydroxylation is 1. The number of amides is 3. The number of carbonyl (C=O) groups is 2. The van der Waals surface area contributed by atoms with E-state index < -0.39 is 5.82 Å². The van der Waals surface area contributed by atoms with Crippen molar-refractivity contribution < 1.29 is 14.0 Å². The molecule has 0 atom stereocenters. The predicted octanol–water partition coefficient (Wildman–Crippen LogP) is 3.01. The molecule has 0 bridgehead atoms. The zero-order chi connectivity index (χ0) is 17.1. The van der Waals surface area contributed by atoms with Crippen LogP contribution < -0.4 is 10.2 Å². The Morgan fingerprint density at radius 3 is 2.71 bits per heavy atom. The van der Waals surface area contributed by atoms with Crippen LogP contribution in [-0.2, 0) is 4.79 Å². The highest BCUT2D eigenvalue weighted by molar-refractivity contribution is 5.99. The summed E-state index contributed by atoms with van der Waals surface area (Å²) in [5.74, 6) is -0.721. The number of halogens is 1. The Labute approximate surface area is 139 Å². The highest BCUT2D eigenvalue weighted by atomic mass is 19.1. The minimum Gasteiger partial charge on any atom is -0.325 e. The van der Waals surface area contributed by atoms with Gasteiger partial charge in [0.2, 0.25) is 5.91 Å². The van der Waals surface area contributed by atoms with Gasteiger partial charge in [0.1, 0.15) is 12.4 Å². The van der Waals surface area contributed by atoms with Crippen molar-refractivity contribution in [3.63, 3.8) is 0 Å². The molecule has 1 saturated heterocycles. The van der Waals surface area contributed by atoms with Crippen LogP contribution in [0.4, 0.5) is 20.6 Å². The molecule has 5 nitrogen and oxygen atoms in total. The van der Waals surface area contributed by atoms with E-state index >= 15 is 0 Å². The molecule has 0 unspecified atom stereocenters. The number of urea groups is 1. The van der Waals surface area contributed by atoms with Gasteiger partial charge in [-0.2, -0.15) is 0 Å². The first-order chi connectivity index (χ1) is 11.5. The fraction of sp³-hybridized carbons (Fsp3) is 0.222. The molecule has 2 aromatic rings. The van der Waals surface area contributed by atoms with Crippen LogP contribution >= 0.6 is 0 Å². The number of anilines is 2. The minimum absolute atomic E-state index is 0.0578. The molecule has 0 radical (unpaired) electrons. The van der Waals surface area contributed by atoms with Crippen molar-refractivity contribution in [3.8, 4) is 0 Å². The third-order valence-corrected chi connectivity index (χ3v) is 3.87. The summed E-state index contributed by atoms with van der Waals surface area (Å²) in [4.78, 5) is 27.3. The molecule has 1 heterocycles. The van der Waals surface area contributed by atoms with E-state index in [9.17, 15) is 14.0 Å². The molecule has 1 aliphatic heterocycles. The average molecular weight is 327 g/mol. The van der Waals surface area contributed by atoms with Gasteiger partial charge in [-0.05, 0) is 36.8 Å². The molecule has 1 N–H and O–H groups in total. The average Bonchev–Trinajstić information content (AvgIpc) is 2.89. The van der Waals surface area contributed by atoms with Gasteiger partial charge in [-0.1, -0.05) is 24.3 Å². The number of rotatable bonds is 4. The van der Waals surface area contributed by atoms with Gasteiger partial charge in [-0.3, -0.25) is 9.69 Å². The fourth-order valence-electron chi connectivity index (χ4n) is 2.72. The van der Waals surface area contributed by atoms with E-state index in [1.54, 1.807) is 24.3 Å². The van der Waals surface area contributed by atoms with Gasteiger partial charge in [0.15, 0.2) is 0 Å². The van der Waals surface area contributed by atoms with E-state index in [0.29, 0.717) is 18.8 Å². The van der Waals surface area contributed by atoms with Crippen LogP contribution in [0.25, 0.3) is 0 Å². The number of hydrogen-bond donors (Lipinski definition) is 1. The molecule has 0 aromatic heterocycles. The highest BCUT2D eigenvalue weighted by Crippen LogP contribution is 2.23. The Balaban J connectivity index is 1.63. The first kappa shape index (κ1) is 16.0. The van der Waals surface area contributed by atoms with Crippen LogP contribution in [0, 0.1) is 12.7 Å². The summed E-state index contributed by atoms with van der Waals surface area (Å²) in [6, 6.07) is 13.2. The molecule has 1 fully saturated rings. The SMILES string of the molecule is Cc1cccc(NC(=O)CN2CCN(c3ccccc3F)C2=O)c1. The van der Waals surface area contributed by atoms with Gasteiger partial charge in [0, 0.05) is 18.8 Å². The number of nitrogens with one attached hydrogen (secondary N) is 1. The maximum atomic E-state index is 13.8. The van der Waals surface area contributed by atoms with Crippen LogP contribution in [-0.4, -0.2) is 36.5 Å². The number of para-hydroxylation sites is 1. The number of nitrogens with zero attached hydrogens (tertiary/aromatic N) is 2. The number of hydrogen-bond acceptors (Lipinski definition) is 2. The maximum absolute atomic E-state index is 13.8.